The lowest BCUT2D eigenvalue weighted by Gasteiger charge is -2.34. The Balaban J connectivity index is 2.14. The van der Waals surface area contributed by atoms with Gasteiger partial charge in [0.2, 0.25) is 10.0 Å². The molecule has 1 atom stereocenters. The van der Waals surface area contributed by atoms with E-state index in [0.717, 1.165) is 24.1 Å². The van der Waals surface area contributed by atoms with Crippen molar-refractivity contribution < 1.29 is 13.2 Å². The Kier molecular flexibility index (Phi) is 5.75. The average Bonchev–Trinajstić information content (AvgIpc) is 2.47. The molecule has 21 heavy (non-hydrogen) atoms. The molecule has 0 aliphatic carbocycles. The Hall–Kier alpha value is -0.950. The highest BCUT2D eigenvalue weighted by molar-refractivity contribution is 7.88. The highest BCUT2D eigenvalue weighted by Crippen LogP contribution is 2.19. The summed E-state index contributed by atoms with van der Waals surface area (Å²) in [5, 5.41) is 3.08. The lowest BCUT2D eigenvalue weighted by atomic mass is 10.1. The van der Waals surface area contributed by atoms with Crippen LogP contribution in [0.2, 0.25) is 0 Å². The largest absolute Gasteiger partial charge is 0.378 e. The third-order valence-corrected chi connectivity index (χ3v) is 5.62. The van der Waals surface area contributed by atoms with E-state index in [1.807, 2.05) is 38.2 Å². The Morgan fingerprint density at radius 3 is 2.86 bits per heavy atom. The van der Waals surface area contributed by atoms with Gasteiger partial charge in [0, 0.05) is 19.1 Å². The maximum absolute atomic E-state index is 12.6. The standard InChI is InChI=1S/C15H24N2O3S/c1-3-15-11-20-8-7-17(15)21(18,19)12-14-6-4-5-13(9-14)10-16-2/h4-6,9,15-16H,3,7-8,10-12H2,1-2H3. The number of morpholine rings is 1. The second-order valence-corrected chi connectivity index (χ2v) is 7.28. The second kappa shape index (κ2) is 7.35. The summed E-state index contributed by atoms with van der Waals surface area (Å²) >= 11 is 0. The fraction of sp³-hybridized carbons (Fsp3) is 0.600. The van der Waals surface area contributed by atoms with Gasteiger partial charge < -0.3 is 10.1 Å². The molecule has 0 spiro atoms. The SMILES string of the molecule is CCC1COCCN1S(=O)(=O)Cc1cccc(CNC)c1. The predicted octanol–water partition coefficient (Wildman–Crippen LogP) is 1.35. The molecule has 0 bridgehead atoms. The minimum atomic E-state index is -3.30. The molecule has 0 amide bonds. The van der Waals surface area contributed by atoms with E-state index in [1.54, 1.807) is 4.31 Å². The Morgan fingerprint density at radius 1 is 1.38 bits per heavy atom. The van der Waals surface area contributed by atoms with E-state index >= 15 is 0 Å². The van der Waals surface area contributed by atoms with Gasteiger partial charge in [0.1, 0.15) is 0 Å². The summed E-state index contributed by atoms with van der Waals surface area (Å²) in [6.45, 7) is 4.17. The lowest BCUT2D eigenvalue weighted by molar-refractivity contribution is 0.0313. The van der Waals surface area contributed by atoms with Crippen molar-refractivity contribution >= 4 is 10.0 Å². The van der Waals surface area contributed by atoms with Crippen LogP contribution in [0.1, 0.15) is 24.5 Å². The first-order valence-electron chi connectivity index (χ1n) is 7.36. The molecule has 1 aromatic rings. The van der Waals surface area contributed by atoms with E-state index in [2.05, 4.69) is 5.32 Å². The molecule has 0 saturated carbocycles. The van der Waals surface area contributed by atoms with Crippen molar-refractivity contribution in [2.45, 2.75) is 31.7 Å². The number of hydrogen-bond acceptors (Lipinski definition) is 4. The summed E-state index contributed by atoms with van der Waals surface area (Å²) in [5.74, 6) is 0.0566. The van der Waals surface area contributed by atoms with Crippen molar-refractivity contribution in [3.8, 4) is 0 Å². The van der Waals surface area contributed by atoms with Crippen LogP contribution >= 0.6 is 0 Å². The monoisotopic (exact) mass is 312 g/mol. The van der Waals surface area contributed by atoms with Gasteiger partial charge in [0.15, 0.2) is 0 Å². The van der Waals surface area contributed by atoms with Crippen molar-refractivity contribution in [3.63, 3.8) is 0 Å². The molecule has 1 aliphatic heterocycles. The van der Waals surface area contributed by atoms with E-state index in [4.69, 9.17) is 4.74 Å². The average molecular weight is 312 g/mol. The van der Waals surface area contributed by atoms with Crippen LogP contribution in [0.3, 0.4) is 0 Å². The molecule has 1 aromatic carbocycles. The van der Waals surface area contributed by atoms with E-state index in [0.29, 0.717) is 19.8 Å². The summed E-state index contributed by atoms with van der Waals surface area (Å²) in [6, 6.07) is 7.70. The van der Waals surface area contributed by atoms with Crippen LogP contribution in [0.15, 0.2) is 24.3 Å². The van der Waals surface area contributed by atoms with Crippen LogP contribution in [0.4, 0.5) is 0 Å². The summed E-state index contributed by atoms with van der Waals surface area (Å²) in [5.41, 5.74) is 1.93. The smallest absolute Gasteiger partial charge is 0.218 e. The maximum atomic E-state index is 12.6. The van der Waals surface area contributed by atoms with Crippen LogP contribution in [0.25, 0.3) is 0 Å². The zero-order valence-electron chi connectivity index (χ0n) is 12.7. The summed E-state index contributed by atoms with van der Waals surface area (Å²) in [7, 11) is -1.42. The fourth-order valence-corrected chi connectivity index (χ4v) is 4.44. The number of hydrogen-bond donors (Lipinski definition) is 1. The normalized spacial score (nSPS) is 20.6. The van der Waals surface area contributed by atoms with Gasteiger partial charge in [0.25, 0.3) is 0 Å². The van der Waals surface area contributed by atoms with Gasteiger partial charge in [-0.1, -0.05) is 31.2 Å². The highest BCUT2D eigenvalue weighted by atomic mass is 32.2. The van der Waals surface area contributed by atoms with Crippen molar-refractivity contribution in [1.82, 2.24) is 9.62 Å². The number of rotatable bonds is 6. The fourth-order valence-electron chi connectivity index (χ4n) is 2.65. The number of ether oxygens (including phenoxy) is 1. The van der Waals surface area contributed by atoms with Crippen molar-refractivity contribution in [2.75, 3.05) is 26.8 Å². The molecule has 1 saturated heterocycles. The highest BCUT2D eigenvalue weighted by Gasteiger charge is 2.31. The molecule has 118 valence electrons. The van der Waals surface area contributed by atoms with Crippen LogP contribution in [0, 0.1) is 0 Å². The molecular formula is C15H24N2O3S. The van der Waals surface area contributed by atoms with Gasteiger partial charge in [-0.3, -0.25) is 0 Å². The molecular weight excluding hydrogens is 288 g/mol. The Labute approximate surface area is 127 Å². The third-order valence-electron chi connectivity index (χ3n) is 3.72. The Morgan fingerprint density at radius 2 is 2.14 bits per heavy atom. The van der Waals surface area contributed by atoms with E-state index in [-0.39, 0.29) is 11.8 Å². The second-order valence-electron chi connectivity index (χ2n) is 5.35. The van der Waals surface area contributed by atoms with Crippen molar-refractivity contribution in [2.24, 2.45) is 0 Å². The third kappa shape index (κ3) is 4.26. The molecule has 6 heteroatoms. The van der Waals surface area contributed by atoms with Crippen LogP contribution < -0.4 is 5.32 Å². The minimum Gasteiger partial charge on any atom is -0.378 e. The molecule has 1 N–H and O–H groups in total. The van der Waals surface area contributed by atoms with Gasteiger partial charge in [-0.25, -0.2) is 8.42 Å². The van der Waals surface area contributed by atoms with Gasteiger partial charge in [-0.15, -0.1) is 0 Å². The summed E-state index contributed by atoms with van der Waals surface area (Å²) in [6.07, 6.45) is 0.777. The van der Waals surface area contributed by atoms with Crippen LogP contribution in [0.5, 0.6) is 0 Å². The predicted molar refractivity (Wildman–Crippen MR) is 83.4 cm³/mol. The number of nitrogens with one attached hydrogen (secondary N) is 1. The van der Waals surface area contributed by atoms with Crippen molar-refractivity contribution in [3.05, 3.63) is 35.4 Å². The van der Waals surface area contributed by atoms with Crippen LogP contribution in [-0.2, 0) is 27.1 Å². The lowest BCUT2D eigenvalue weighted by Crippen LogP contribution is -2.48. The maximum Gasteiger partial charge on any atom is 0.218 e. The van der Waals surface area contributed by atoms with E-state index in [9.17, 15) is 8.42 Å². The Bertz CT molecular complexity index is 560. The molecule has 1 heterocycles. The minimum absolute atomic E-state index is 0.0377. The van der Waals surface area contributed by atoms with Crippen molar-refractivity contribution in [1.29, 1.82) is 0 Å². The topological polar surface area (TPSA) is 58.6 Å². The summed E-state index contributed by atoms with van der Waals surface area (Å²) < 4.78 is 32.3. The molecule has 1 unspecified atom stereocenters. The number of benzene rings is 1. The quantitative estimate of drug-likeness (QED) is 0.861. The molecule has 2 rings (SSSR count). The molecule has 0 aromatic heterocycles. The molecule has 0 radical (unpaired) electrons. The molecule has 1 aliphatic rings. The first kappa shape index (κ1) is 16.4. The number of sulfonamides is 1. The van der Waals surface area contributed by atoms with Gasteiger partial charge in [-0.05, 0) is 24.6 Å². The first-order valence-corrected chi connectivity index (χ1v) is 8.97. The van der Waals surface area contributed by atoms with Gasteiger partial charge >= 0.3 is 0 Å². The summed E-state index contributed by atoms with van der Waals surface area (Å²) in [4.78, 5) is 0. The number of nitrogens with zero attached hydrogens (tertiary/aromatic N) is 1. The molecule has 1 fully saturated rings. The molecule has 5 nitrogen and oxygen atoms in total. The zero-order chi connectivity index (χ0) is 15.3. The van der Waals surface area contributed by atoms with E-state index < -0.39 is 10.0 Å². The van der Waals surface area contributed by atoms with E-state index in [1.165, 1.54) is 0 Å². The van der Waals surface area contributed by atoms with Crippen LogP contribution in [-0.4, -0.2) is 45.6 Å². The first-order chi connectivity index (χ1) is 10.1. The van der Waals surface area contributed by atoms with Gasteiger partial charge in [-0.2, -0.15) is 4.31 Å². The zero-order valence-corrected chi connectivity index (χ0v) is 13.5. The van der Waals surface area contributed by atoms with Gasteiger partial charge in [0.05, 0.1) is 19.0 Å².